The Bertz CT molecular complexity index is 642. The monoisotopic (exact) mass is 320 g/mol. The van der Waals surface area contributed by atoms with E-state index in [1.165, 1.54) is 5.56 Å². The lowest BCUT2D eigenvalue weighted by Crippen LogP contribution is -2.42. The molecule has 0 aliphatic heterocycles. The van der Waals surface area contributed by atoms with Gasteiger partial charge in [-0.25, -0.2) is 0 Å². The molecule has 4 heteroatoms. The number of halogens is 2. The minimum Gasteiger partial charge on any atom is -0.435 e. The Hall–Kier alpha value is -1.45. The summed E-state index contributed by atoms with van der Waals surface area (Å²) in [6, 6.07) is 5.43. The standard InChI is InChI=1S/C19H22F2O2/c1-19-9-8-14-13-5-3-12(23-18(20)21)10-11(13)2-4-15(14)16(19)6-7-17(19)22/h3,5,10,14-16,18H,2,4,6-9H2,1H3/t14-,15-,16+,19+/m1/s1. The van der Waals surface area contributed by atoms with Crippen molar-refractivity contribution >= 4 is 5.78 Å². The Kier molecular flexibility index (Phi) is 3.47. The average molecular weight is 320 g/mol. The van der Waals surface area contributed by atoms with Crippen LogP contribution in [0.5, 0.6) is 5.75 Å². The molecule has 2 nitrogen and oxygen atoms in total. The fourth-order valence-electron chi connectivity index (χ4n) is 5.51. The lowest BCUT2D eigenvalue weighted by molar-refractivity contribution is -0.129. The van der Waals surface area contributed by atoms with E-state index in [9.17, 15) is 13.6 Å². The molecule has 4 atom stereocenters. The van der Waals surface area contributed by atoms with Gasteiger partial charge in [0.05, 0.1) is 0 Å². The Balaban J connectivity index is 1.63. The lowest BCUT2D eigenvalue weighted by Gasteiger charge is -2.48. The number of rotatable bonds is 2. The minimum absolute atomic E-state index is 0.114. The van der Waals surface area contributed by atoms with E-state index in [0.717, 1.165) is 44.1 Å². The molecule has 1 aromatic rings. The van der Waals surface area contributed by atoms with Crippen molar-refractivity contribution in [3.8, 4) is 5.75 Å². The van der Waals surface area contributed by atoms with Crippen molar-refractivity contribution in [1.29, 1.82) is 0 Å². The molecule has 23 heavy (non-hydrogen) atoms. The summed E-state index contributed by atoms with van der Waals surface area (Å²) in [4.78, 5) is 12.3. The number of ether oxygens (including phenoxy) is 1. The highest BCUT2D eigenvalue weighted by Crippen LogP contribution is 2.59. The van der Waals surface area contributed by atoms with Gasteiger partial charge in [-0.2, -0.15) is 8.78 Å². The predicted molar refractivity (Wildman–Crippen MR) is 82.7 cm³/mol. The summed E-state index contributed by atoms with van der Waals surface area (Å²) in [7, 11) is 0. The maximum absolute atomic E-state index is 12.4. The van der Waals surface area contributed by atoms with Crippen LogP contribution in [0, 0.1) is 17.3 Å². The first kappa shape index (κ1) is 15.1. The highest BCUT2D eigenvalue weighted by molar-refractivity contribution is 5.87. The Morgan fingerprint density at radius 1 is 1.22 bits per heavy atom. The molecule has 0 bridgehead atoms. The predicted octanol–water partition coefficient (Wildman–Crippen LogP) is 4.71. The third kappa shape index (κ3) is 2.29. The molecule has 1 aromatic carbocycles. The quantitative estimate of drug-likeness (QED) is 0.788. The van der Waals surface area contributed by atoms with Gasteiger partial charge < -0.3 is 4.74 Å². The Morgan fingerprint density at radius 3 is 2.83 bits per heavy atom. The van der Waals surface area contributed by atoms with Gasteiger partial charge >= 0.3 is 6.61 Å². The first-order valence-electron chi connectivity index (χ1n) is 8.60. The zero-order chi connectivity index (χ0) is 16.2. The number of benzene rings is 1. The van der Waals surface area contributed by atoms with Crippen LogP contribution in [0.1, 0.15) is 56.1 Å². The van der Waals surface area contributed by atoms with Gasteiger partial charge in [0.2, 0.25) is 0 Å². The number of ketones is 1. The van der Waals surface area contributed by atoms with Gasteiger partial charge in [0.1, 0.15) is 11.5 Å². The fourth-order valence-corrected chi connectivity index (χ4v) is 5.51. The molecule has 0 unspecified atom stereocenters. The molecule has 0 aromatic heterocycles. The van der Waals surface area contributed by atoms with E-state index < -0.39 is 6.61 Å². The zero-order valence-corrected chi connectivity index (χ0v) is 13.4. The molecule has 0 radical (unpaired) electrons. The minimum atomic E-state index is -2.77. The summed E-state index contributed by atoms with van der Waals surface area (Å²) in [6.07, 6.45) is 5.72. The molecule has 0 N–H and O–H groups in total. The Morgan fingerprint density at radius 2 is 2.04 bits per heavy atom. The molecule has 3 aliphatic rings. The molecule has 2 saturated carbocycles. The molecule has 0 heterocycles. The molecule has 124 valence electrons. The van der Waals surface area contributed by atoms with Gasteiger partial charge in [0, 0.05) is 11.8 Å². The zero-order valence-electron chi connectivity index (χ0n) is 13.4. The average Bonchev–Trinajstić information content (AvgIpc) is 2.82. The third-order valence-corrected chi connectivity index (χ3v) is 6.63. The largest absolute Gasteiger partial charge is 0.435 e. The second-order valence-corrected chi connectivity index (χ2v) is 7.57. The number of carbonyl (C=O) groups excluding carboxylic acids is 1. The van der Waals surface area contributed by atoms with Crippen molar-refractivity contribution in [3.05, 3.63) is 29.3 Å². The van der Waals surface area contributed by atoms with Gasteiger partial charge in [-0.05, 0) is 73.1 Å². The van der Waals surface area contributed by atoms with E-state index in [0.29, 0.717) is 23.5 Å². The number of aryl methyl sites for hydroxylation is 1. The van der Waals surface area contributed by atoms with E-state index in [-0.39, 0.29) is 11.2 Å². The van der Waals surface area contributed by atoms with Crippen molar-refractivity contribution in [1.82, 2.24) is 0 Å². The van der Waals surface area contributed by atoms with Crippen LogP contribution in [-0.4, -0.2) is 12.4 Å². The van der Waals surface area contributed by atoms with Crippen molar-refractivity contribution in [3.63, 3.8) is 0 Å². The topological polar surface area (TPSA) is 26.3 Å². The van der Waals surface area contributed by atoms with Crippen LogP contribution in [0.3, 0.4) is 0 Å². The second kappa shape index (κ2) is 5.29. The van der Waals surface area contributed by atoms with Crippen molar-refractivity contribution < 1.29 is 18.3 Å². The van der Waals surface area contributed by atoms with Crippen LogP contribution in [-0.2, 0) is 11.2 Å². The fraction of sp³-hybridized carbons (Fsp3) is 0.632. The van der Waals surface area contributed by atoms with Crippen LogP contribution in [0.2, 0.25) is 0 Å². The Labute approximate surface area is 135 Å². The smallest absolute Gasteiger partial charge is 0.387 e. The van der Waals surface area contributed by atoms with Gasteiger partial charge in [0.15, 0.2) is 0 Å². The van der Waals surface area contributed by atoms with E-state index in [4.69, 9.17) is 0 Å². The van der Waals surface area contributed by atoms with Gasteiger partial charge in [-0.15, -0.1) is 0 Å². The summed E-state index contributed by atoms with van der Waals surface area (Å²) >= 11 is 0. The van der Waals surface area contributed by atoms with Crippen LogP contribution in [0.25, 0.3) is 0 Å². The number of hydrogen-bond acceptors (Lipinski definition) is 2. The number of hydrogen-bond donors (Lipinski definition) is 0. The normalized spacial score (nSPS) is 35.7. The molecule has 2 fully saturated rings. The number of fused-ring (bicyclic) bond motifs is 5. The van der Waals surface area contributed by atoms with E-state index in [1.807, 2.05) is 6.07 Å². The van der Waals surface area contributed by atoms with Crippen LogP contribution < -0.4 is 4.74 Å². The molecule has 0 spiro atoms. The van der Waals surface area contributed by atoms with Crippen LogP contribution >= 0.6 is 0 Å². The molecule has 3 aliphatic carbocycles. The third-order valence-electron chi connectivity index (χ3n) is 6.63. The second-order valence-electron chi connectivity index (χ2n) is 7.57. The van der Waals surface area contributed by atoms with Crippen molar-refractivity contribution in [2.24, 2.45) is 17.3 Å². The summed E-state index contributed by atoms with van der Waals surface area (Å²) < 4.78 is 29.3. The van der Waals surface area contributed by atoms with Gasteiger partial charge in [-0.1, -0.05) is 13.0 Å². The summed E-state index contributed by atoms with van der Waals surface area (Å²) in [6.45, 7) is -0.609. The van der Waals surface area contributed by atoms with E-state index in [2.05, 4.69) is 11.7 Å². The number of Topliss-reactive ketones (excluding diaryl/α,β-unsaturated/α-hetero) is 1. The van der Waals surface area contributed by atoms with Gasteiger partial charge in [-0.3, -0.25) is 4.79 Å². The van der Waals surface area contributed by atoms with Gasteiger partial charge in [0.25, 0.3) is 0 Å². The highest BCUT2D eigenvalue weighted by Gasteiger charge is 2.54. The van der Waals surface area contributed by atoms with Crippen molar-refractivity contribution in [2.75, 3.05) is 0 Å². The van der Waals surface area contributed by atoms with E-state index >= 15 is 0 Å². The first-order chi connectivity index (χ1) is 11.0. The highest BCUT2D eigenvalue weighted by atomic mass is 19.3. The summed E-state index contributed by atoms with van der Waals surface area (Å²) in [5.41, 5.74) is 2.33. The maximum Gasteiger partial charge on any atom is 0.387 e. The number of alkyl halides is 2. The van der Waals surface area contributed by atoms with E-state index in [1.54, 1.807) is 12.1 Å². The molecule has 0 saturated heterocycles. The summed E-state index contributed by atoms with van der Waals surface area (Å²) in [5.74, 6) is 2.25. The molecular weight excluding hydrogens is 298 g/mol. The van der Waals surface area contributed by atoms with Crippen LogP contribution in [0.15, 0.2) is 18.2 Å². The molecular formula is C19H22F2O2. The molecule has 0 amide bonds. The summed E-state index contributed by atoms with van der Waals surface area (Å²) in [5, 5.41) is 0. The SMILES string of the molecule is C[C@]12CC[C@@H]3c4ccc(OC(F)F)cc4CC[C@H]3[C@@H]1CCC2=O. The first-order valence-corrected chi connectivity index (χ1v) is 8.60. The van der Waals surface area contributed by atoms with Crippen molar-refractivity contribution in [2.45, 2.75) is 58.0 Å². The lowest BCUT2D eigenvalue weighted by atomic mass is 9.55. The number of carbonyl (C=O) groups is 1. The maximum atomic E-state index is 12.4. The van der Waals surface area contributed by atoms with Crippen LogP contribution in [0.4, 0.5) is 8.78 Å². The molecule has 4 rings (SSSR count).